The van der Waals surface area contributed by atoms with Gasteiger partial charge in [-0.25, -0.2) is 4.79 Å². The highest BCUT2D eigenvalue weighted by Gasteiger charge is 2.94. The van der Waals surface area contributed by atoms with Crippen LogP contribution in [0.2, 0.25) is 0 Å². The molecule has 0 saturated carbocycles. The summed E-state index contributed by atoms with van der Waals surface area (Å²) in [5, 5.41) is 10.5. The summed E-state index contributed by atoms with van der Waals surface area (Å²) in [6.45, 7) is -2.08. The van der Waals surface area contributed by atoms with E-state index in [1.54, 1.807) is 0 Å². The van der Waals surface area contributed by atoms with Crippen molar-refractivity contribution in [3.63, 3.8) is 0 Å². The van der Waals surface area contributed by atoms with Crippen molar-refractivity contribution in [2.75, 3.05) is 6.61 Å². The molecule has 0 fully saturated rings. The second-order valence-electron chi connectivity index (χ2n) is 6.75. The molecule has 0 N–H and O–H groups in total. The molecule has 0 aliphatic heterocycles. The third kappa shape index (κ3) is 4.86. The molecule has 1 rings (SSSR count). The van der Waals surface area contributed by atoms with Crippen LogP contribution in [-0.2, 0) is 9.53 Å². The molecule has 0 amide bonds. The van der Waals surface area contributed by atoms with Crippen molar-refractivity contribution in [2.24, 2.45) is 0 Å². The van der Waals surface area contributed by atoms with Gasteiger partial charge >= 0.3 is 47.7 Å². The molecule has 1 aromatic carbocycles. The molecule has 210 valence electrons. The first-order chi connectivity index (χ1) is 16.2. The molecule has 1 aromatic rings. The number of halogens is 15. The summed E-state index contributed by atoms with van der Waals surface area (Å²) in [5.74, 6) is -54.8. The van der Waals surface area contributed by atoms with Crippen molar-refractivity contribution < 1.29 is 85.1 Å². The van der Waals surface area contributed by atoms with Crippen LogP contribution < -0.4 is 0 Å². The molecule has 0 bridgehead atoms. The van der Waals surface area contributed by atoms with Crippen LogP contribution in [0.4, 0.5) is 71.5 Å². The molecule has 0 heterocycles. The average molecular weight is 577 g/mol. The first kappa shape index (κ1) is 31.7. The highest BCUT2D eigenvalue weighted by Crippen LogP contribution is 2.62. The number of nitrogens with zero attached hydrogens (tertiary/aromatic N) is 1. The number of benzene rings is 1. The molecule has 0 spiro atoms. The van der Waals surface area contributed by atoms with E-state index in [0.717, 1.165) is 0 Å². The van der Waals surface area contributed by atoms with Crippen LogP contribution in [0.1, 0.15) is 10.4 Å². The lowest BCUT2D eigenvalue weighted by Gasteiger charge is -2.40. The first-order valence-corrected chi connectivity index (χ1v) is 8.50. The maximum absolute atomic E-state index is 13.7. The molecule has 0 aliphatic rings. The van der Waals surface area contributed by atoms with Gasteiger partial charge in [-0.15, -0.1) is 0 Å². The number of nitro groups is 1. The van der Waals surface area contributed by atoms with Gasteiger partial charge < -0.3 is 4.74 Å². The largest absolute Gasteiger partial charge is 0.460 e. The van der Waals surface area contributed by atoms with Crippen LogP contribution in [0.15, 0.2) is 24.3 Å². The number of carbonyl (C=O) groups is 2. The number of carbonyl (C=O) groups excluding carboxylic acids is 2. The number of ether oxygens (including phenoxy) is 1. The maximum atomic E-state index is 13.7. The normalized spacial score (nSPS) is 14.4. The SMILES string of the molecule is O=C(COC(=O)C(F)(F)C(F)(F)C(F)(F)C(F)(F)C(F)(F)C(F)(F)C(F)(F)F)c1ccc([N+](=O)[O-])cc1. The Morgan fingerprint density at radius 1 is 0.676 bits per heavy atom. The van der Waals surface area contributed by atoms with Gasteiger partial charge in [0.25, 0.3) is 5.69 Å². The number of ketones is 1. The zero-order chi connectivity index (χ0) is 29.6. The summed E-state index contributed by atoms with van der Waals surface area (Å²) in [6.07, 6.45) is -7.77. The molecule has 0 aromatic heterocycles. The van der Waals surface area contributed by atoms with Gasteiger partial charge in [0.05, 0.1) is 4.92 Å². The number of rotatable bonds is 10. The standard InChI is InChI=1S/C16H6F15NO5/c17-10(18,9(34)37-5-8(33)6-1-3-7(4-2-6)32(35)36)11(19,20)12(21,22)13(23,24)14(25,26)15(27,28)16(29,30)31/h1-4H,5H2. The lowest BCUT2D eigenvalue weighted by Crippen LogP contribution is -2.73. The third-order valence-corrected chi connectivity index (χ3v) is 4.32. The van der Waals surface area contributed by atoms with Crippen molar-refractivity contribution in [3.05, 3.63) is 39.9 Å². The summed E-state index contributed by atoms with van der Waals surface area (Å²) in [7, 11) is 0. The Balaban J connectivity index is 3.27. The van der Waals surface area contributed by atoms with Crippen molar-refractivity contribution in [3.8, 4) is 0 Å². The second kappa shape index (κ2) is 9.23. The van der Waals surface area contributed by atoms with Gasteiger partial charge in [-0.2, -0.15) is 65.9 Å². The highest BCUT2D eigenvalue weighted by atomic mass is 19.4. The Kier molecular flexibility index (Phi) is 7.91. The highest BCUT2D eigenvalue weighted by molar-refractivity contribution is 5.98. The van der Waals surface area contributed by atoms with Gasteiger partial charge in [-0.3, -0.25) is 14.9 Å². The van der Waals surface area contributed by atoms with Gasteiger partial charge in [-0.05, 0) is 12.1 Å². The fraction of sp³-hybridized carbons (Fsp3) is 0.500. The fourth-order valence-corrected chi connectivity index (χ4v) is 2.17. The molecule has 37 heavy (non-hydrogen) atoms. The number of non-ortho nitro benzene ring substituents is 1. The summed E-state index contributed by atoms with van der Waals surface area (Å²) in [6, 6.07) is 2.38. The molecule has 0 unspecified atom stereocenters. The molecule has 0 aliphatic carbocycles. The maximum Gasteiger partial charge on any atom is 0.460 e. The van der Waals surface area contributed by atoms with Crippen molar-refractivity contribution in [2.45, 2.75) is 41.7 Å². The Hall–Kier alpha value is -3.29. The molecular formula is C16H6F15NO5. The molecule has 0 radical (unpaired) electrons. The molecular weight excluding hydrogens is 571 g/mol. The number of alkyl halides is 15. The van der Waals surface area contributed by atoms with E-state index < -0.39 is 76.2 Å². The minimum Gasteiger partial charge on any atom is -0.453 e. The second-order valence-corrected chi connectivity index (χ2v) is 6.75. The molecule has 0 atom stereocenters. The number of hydrogen-bond acceptors (Lipinski definition) is 5. The van der Waals surface area contributed by atoms with Crippen LogP contribution in [0.3, 0.4) is 0 Å². The van der Waals surface area contributed by atoms with E-state index in [9.17, 15) is 85.6 Å². The predicted octanol–water partition coefficient (Wildman–Crippen LogP) is 5.69. The van der Waals surface area contributed by atoms with Crippen LogP contribution in [0.5, 0.6) is 0 Å². The monoisotopic (exact) mass is 577 g/mol. The van der Waals surface area contributed by atoms with Crippen molar-refractivity contribution in [1.29, 1.82) is 0 Å². The Morgan fingerprint density at radius 3 is 1.43 bits per heavy atom. The summed E-state index contributed by atoms with van der Waals surface area (Å²) >= 11 is 0. The van der Waals surface area contributed by atoms with Gasteiger partial charge in [0, 0.05) is 17.7 Å². The van der Waals surface area contributed by atoms with E-state index in [2.05, 4.69) is 4.74 Å². The minimum absolute atomic E-state index is 0.582. The quantitative estimate of drug-likeness (QED) is 0.117. The predicted molar refractivity (Wildman–Crippen MR) is 84.1 cm³/mol. The van der Waals surface area contributed by atoms with Crippen molar-refractivity contribution in [1.82, 2.24) is 0 Å². The topological polar surface area (TPSA) is 86.5 Å². The summed E-state index contributed by atoms with van der Waals surface area (Å²) in [4.78, 5) is 32.3. The van der Waals surface area contributed by atoms with E-state index in [1.807, 2.05) is 0 Å². The van der Waals surface area contributed by atoms with Crippen LogP contribution in [0.25, 0.3) is 0 Å². The van der Waals surface area contributed by atoms with E-state index in [1.165, 1.54) is 0 Å². The fourth-order valence-electron chi connectivity index (χ4n) is 2.17. The lowest BCUT2D eigenvalue weighted by atomic mass is 9.91. The van der Waals surface area contributed by atoms with Gasteiger partial charge in [-0.1, -0.05) is 0 Å². The number of hydrogen-bond donors (Lipinski definition) is 0. The Morgan fingerprint density at radius 2 is 1.05 bits per heavy atom. The Bertz CT molecular complexity index is 1050. The molecule has 0 saturated heterocycles. The third-order valence-electron chi connectivity index (χ3n) is 4.32. The van der Waals surface area contributed by atoms with Gasteiger partial charge in [0.2, 0.25) is 0 Å². The number of nitro benzene ring substituents is 1. The van der Waals surface area contributed by atoms with Gasteiger partial charge in [0.1, 0.15) is 0 Å². The van der Waals surface area contributed by atoms with Gasteiger partial charge in [0.15, 0.2) is 12.4 Å². The molecule has 21 heteroatoms. The minimum atomic E-state index is -8.58. The average Bonchev–Trinajstić information content (AvgIpc) is 2.75. The van der Waals surface area contributed by atoms with Crippen LogP contribution in [-0.4, -0.2) is 65.0 Å². The first-order valence-electron chi connectivity index (χ1n) is 8.50. The number of esters is 1. The van der Waals surface area contributed by atoms with E-state index in [4.69, 9.17) is 0 Å². The summed E-state index contributed by atoms with van der Waals surface area (Å²) in [5.41, 5.74) is -1.38. The Labute approximate surface area is 192 Å². The number of Topliss-reactive ketones (excluding diaryl/α,β-unsaturated/α-hetero) is 1. The molecule has 6 nitrogen and oxygen atoms in total. The zero-order valence-corrected chi connectivity index (χ0v) is 16.7. The van der Waals surface area contributed by atoms with Crippen LogP contribution in [0, 0.1) is 10.1 Å². The van der Waals surface area contributed by atoms with Crippen molar-refractivity contribution >= 4 is 17.4 Å². The smallest absolute Gasteiger partial charge is 0.453 e. The zero-order valence-electron chi connectivity index (χ0n) is 16.7. The van der Waals surface area contributed by atoms with E-state index >= 15 is 0 Å². The summed E-state index contributed by atoms with van der Waals surface area (Å²) < 4.78 is 199. The van der Waals surface area contributed by atoms with E-state index in [0.29, 0.717) is 24.3 Å². The van der Waals surface area contributed by atoms with E-state index in [-0.39, 0.29) is 0 Å². The van der Waals surface area contributed by atoms with Crippen LogP contribution >= 0.6 is 0 Å². The lowest BCUT2D eigenvalue weighted by molar-refractivity contribution is -0.450.